The molecular weight excluding hydrogens is 330 g/mol. The molecule has 3 atom stereocenters. The van der Waals surface area contributed by atoms with Crippen molar-refractivity contribution in [3.05, 3.63) is 24.2 Å². The lowest BCUT2D eigenvalue weighted by Gasteiger charge is -2.45. The smallest absolute Gasteiger partial charge is 0.225 e. The van der Waals surface area contributed by atoms with Crippen molar-refractivity contribution < 1.29 is 14.0 Å². The van der Waals surface area contributed by atoms with Crippen LogP contribution in [0.3, 0.4) is 0 Å². The van der Waals surface area contributed by atoms with Crippen molar-refractivity contribution >= 4 is 11.8 Å². The van der Waals surface area contributed by atoms with E-state index in [2.05, 4.69) is 31.2 Å². The minimum Gasteiger partial charge on any atom is -0.467 e. The average molecular weight is 361 g/mol. The fraction of sp³-hybridized carbons (Fsp3) is 0.700. The van der Waals surface area contributed by atoms with Gasteiger partial charge in [-0.2, -0.15) is 0 Å². The Balaban J connectivity index is 1.55. The van der Waals surface area contributed by atoms with Crippen LogP contribution in [0.15, 0.2) is 22.8 Å². The maximum atomic E-state index is 12.7. The molecule has 1 aliphatic carbocycles. The summed E-state index contributed by atoms with van der Waals surface area (Å²) < 4.78 is 5.32. The third-order valence-corrected chi connectivity index (χ3v) is 6.12. The molecular formula is C20H31N3O3. The second-order valence-electron chi connectivity index (χ2n) is 8.29. The first-order valence-corrected chi connectivity index (χ1v) is 9.65. The van der Waals surface area contributed by atoms with Crippen molar-refractivity contribution in [3.8, 4) is 0 Å². The summed E-state index contributed by atoms with van der Waals surface area (Å²) in [5, 5.41) is 3.15. The van der Waals surface area contributed by atoms with Gasteiger partial charge >= 0.3 is 0 Å². The molecule has 2 fully saturated rings. The first-order chi connectivity index (χ1) is 12.4. The van der Waals surface area contributed by atoms with Crippen molar-refractivity contribution in [3.63, 3.8) is 0 Å². The quantitative estimate of drug-likeness (QED) is 0.844. The number of nitrogens with one attached hydrogen (secondary N) is 1. The highest BCUT2D eigenvalue weighted by atomic mass is 16.3. The maximum absolute atomic E-state index is 12.7. The number of carbonyl (C=O) groups is 2. The summed E-state index contributed by atoms with van der Waals surface area (Å²) in [7, 11) is 4.21. The molecule has 0 aromatic carbocycles. The highest BCUT2D eigenvalue weighted by Gasteiger charge is 2.39. The Labute approximate surface area is 155 Å². The Bertz CT molecular complexity index is 628. The predicted octanol–water partition coefficient (Wildman–Crippen LogP) is 2.25. The number of likely N-dealkylation sites (N-methyl/N-ethyl adjacent to an activating group) is 1. The third kappa shape index (κ3) is 4.11. The summed E-state index contributed by atoms with van der Waals surface area (Å²) in [5.74, 6) is 1.19. The van der Waals surface area contributed by atoms with Gasteiger partial charge in [0.15, 0.2) is 0 Å². The minimum absolute atomic E-state index is 0.000235. The first kappa shape index (κ1) is 19.0. The molecule has 1 aliphatic heterocycles. The molecule has 144 valence electrons. The van der Waals surface area contributed by atoms with E-state index in [-0.39, 0.29) is 29.7 Å². The maximum Gasteiger partial charge on any atom is 0.225 e. The summed E-state index contributed by atoms with van der Waals surface area (Å²) in [4.78, 5) is 28.9. The number of amides is 2. The predicted molar refractivity (Wildman–Crippen MR) is 99.3 cm³/mol. The largest absolute Gasteiger partial charge is 0.467 e. The molecule has 0 bridgehead atoms. The van der Waals surface area contributed by atoms with E-state index >= 15 is 0 Å². The second-order valence-corrected chi connectivity index (χ2v) is 8.29. The van der Waals surface area contributed by atoms with Crippen LogP contribution in [0.25, 0.3) is 0 Å². The van der Waals surface area contributed by atoms with Gasteiger partial charge in [-0.25, -0.2) is 0 Å². The highest BCUT2D eigenvalue weighted by Crippen LogP contribution is 2.35. The van der Waals surface area contributed by atoms with E-state index in [1.54, 1.807) is 11.2 Å². The Morgan fingerprint density at radius 3 is 2.92 bits per heavy atom. The highest BCUT2D eigenvalue weighted by molar-refractivity contribution is 5.89. The van der Waals surface area contributed by atoms with Crippen molar-refractivity contribution in [1.82, 2.24) is 15.1 Å². The van der Waals surface area contributed by atoms with Crippen LogP contribution in [0.1, 0.15) is 44.8 Å². The fourth-order valence-corrected chi connectivity index (χ4v) is 4.44. The van der Waals surface area contributed by atoms with E-state index in [4.69, 9.17) is 4.42 Å². The van der Waals surface area contributed by atoms with Gasteiger partial charge < -0.3 is 19.5 Å². The van der Waals surface area contributed by atoms with E-state index in [1.807, 2.05) is 12.1 Å². The normalized spacial score (nSPS) is 29.4. The van der Waals surface area contributed by atoms with Gasteiger partial charge in [0.05, 0.1) is 18.7 Å². The van der Waals surface area contributed by atoms with Crippen molar-refractivity contribution in [2.45, 2.75) is 51.1 Å². The van der Waals surface area contributed by atoms with Crippen LogP contribution in [0.4, 0.5) is 0 Å². The molecule has 2 heterocycles. The van der Waals surface area contributed by atoms with E-state index < -0.39 is 0 Å². The van der Waals surface area contributed by atoms with Crippen LogP contribution in [0.2, 0.25) is 0 Å². The summed E-state index contributed by atoms with van der Waals surface area (Å²) >= 11 is 0. The summed E-state index contributed by atoms with van der Waals surface area (Å²) in [6.45, 7) is 3.86. The molecule has 3 rings (SSSR count). The molecule has 0 spiro atoms. The Hall–Kier alpha value is -1.82. The number of hydrogen-bond donors (Lipinski definition) is 1. The summed E-state index contributed by atoms with van der Waals surface area (Å²) in [6.07, 6.45) is 6.58. The van der Waals surface area contributed by atoms with Gasteiger partial charge in [-0.05, 0) is 45.0 Å². The van der Waals surface area contributed by atoms with Crippen LogP contribution in [0, 0.1) is 11.8 Å². The van der Waals surface area contributed by atoms with Gasteiger partial charge in [0.2, 0.25) is 11.8 Å². The van der Waals surface area contributed by atoms with Crippen molar-refractivity contribution in [1.29, 1.82) is 0 Å². The van der Waals surface area contributed by atoms with Gasteiger partial charge in [0, 0.05) is 25.0 Å². The molecule has 1 N–H and O–H groups in total. The molecule has 1 saturated carbocycles. The van der Waals surface area contributed by atoms with Gasteiger partial charge in [0.25, 0.3) is 0 Å². The lowest BCUT2D eigenvalue weighted by atomic mass is 9.75. The van der Waals surface area contributed by atoms with Crippen LogP contribution >= 0.6 is 0 Å². The lowest BCUT2D eigenvalue weighted by Crippen LogP contribution is -2.55. The third-order valence-electron chi connectivity index (χ3n) is 6.12. The monoisotopic (exact) mass is 361 g/mol. The number of furan rings is 1. The standard InChI is InChI=1S/C20H31N3O3/c1-15-6-4-8-20(11-15,22(2)3)14-21-19(25)16-10-18(24)23(12-16)13-17-7-5-9-26-17/h5,7,9,15-16H,4,6,8,10-14H2,1-3H3,(H,21,25)/t15-,16-,20-/m1/s1. The van der Waals surface area contributed by atoms with Crippen molar-refractivity contribution in [2.24, 2.45) is 11.8 Å². The van der Waals surface area contributed by atoms with E-state index in [0.717, 1.165) is 18.6 Å². The SMILES string of the molecule is C[C@@H]1CCC[C@@](CNC(=O)[C@@H]2CC(=O)N(Cc3ccco3)C2)(N(C)C)C1. The lowest BCUT2D eigenvalue weighted by molar-refractivity contribution is -0.129. The molecule has 0 radical (unpaired) electrons. The van der Waals surface area contributed by atoms with E-state index in [1.165, 1.54) is 12.8 Å². The van der Waals surface area contributed by atoms with Crippen LogP contribution in [-0.4, -0.2) is 54.3 Å². The van der Waals surface area contributed by atoms with Gasteiger partial charge in [0.1, 0.15) is 5.76 Å². The second kappa shape index (κ2) is 7.82. The molecule has 2 amide bonds. The molecule has 6 nitrogen and oxygen atoms in total. The Kier molecular flexibility index (Phi) is 5.70. The van der Waals surface area contributed by atoms with E-state index in [9.17, 15) is 9.59 Å². The zero-order valence-corrected chi connectivity index (χ0v) is 16.2. The first-order valence-electron chi connectivity index (χ1n) is 9.65. The molecule has 0 unspecified atom stereocenters. The zero-order valence-electron chi connectivity index (χ0n) is 16.2. The van der Waals surface area contributed by atoms with E-state index in [0.29, 0.717) is 25.6 Å². The molecule has 6 heteroatoms. The number of carbonyl (C=O) groups excluding carboxylic acids is 2. The minimum atomic E-state index is -0.266. The Morgan fingerprint density at radius 1 is 1.46 bits per heavy atom. The summed E-state index contributed by atoms with van der Waals surface area (Å²) in [5.41, 5.74) is 0.0315. The van der Waals surface area contributed by atoms with Gasteiger partial charge in [-0.15, -0.1) is 0 Å². The average Bonchev–Trinajstić information content (AvgIpc) is 3.23. The Morgan fingerprint density at radius 2 is 2.27 bits per heavy atom. The van der Waals surface area contributed by atoms with Crippen LogP contribution < -0.4 is 5.32 Å². The van der Waals surface area contributed by atoms with Crippen LogP contribution in [-0.2, 0) is 16.1 Å². The number of likely N-dealkylation sites (tertiary alicyclic amines) is 1. The van der Waals surface area contributed by atoms with Gasteiger partial charge in [-0.1, -0.05) is 19.8 Å². The van der Waals surface area contributed by atoms with Crippen LogP contribution in [0.5, 0.6) is 0 Å². The number of rotatable bonds is 6. The summed E-state index contributed by atoms with van der Waals surface area (Å²) in [6, 6.07) is 3.66. The molecule has 1 aromatic heterocycles. The zero-order chi connectivity index (χ0) is 18.7. The van der Waals surface area contributed by atoms with Crippen molar-refractivity contribution in [2.75, 3.05) is 27.2 Å². The number of hydrogen-bond acceptors (Lipinski definition) is 4. The fourth-order valence-electron chi connectivity index (χ4n) is 4.44. The topological polar surface area (TPSA) is 65.8 Å². The molecule has 2 aliphatic rings. The molecule has 26 heavy (non-hydrogen) atoms. The number of nitrogens with zero attached hydrogens (tertiary/aromatic N) is 2. The van der Waals surface area contributed by atoms with Gasteiger partial charge in [-0.3, -0.25) is 9.59 Å². The molecule has 1 aromatic rings. The molecule has 1 saturated heterocycles.